The Hall–Kier alpha value is -4.11. The van der Waals surface area contributed by atoms with Crippen molar-refractivity contribution in [1.29, 1.82) is 0 Å². The van der Waals surface area contributed by atoms with Crippen molar-refractivity contribution in [3.63, 3.8) is 0 Å². The van der Waals surface area contributed by atoms with Gasteiger partial charge in [-0.2, -0.15) is 0 Å². The zero-order valence-corrected chi connectivity index (χ0v) is 14.0. The first-order chi connectivity index (χ1) is 13.1. The number of nitro benzene ring substituents is 1. The van der Waals surface area contributed by atoms with E-state index in [4.69, 9.17) is 0 Å². The Bertz CT molecular complexity index is 1150. The van der Waals surface area contributed by atoms with Gasteiger partial charge in [-0.15, -0.1) is 0 Å². The molecule has 2 aromatic carbocycles. The summed E-state index contributed by atoms with van der Waals surface area (Å²) in [6.45, 7) is 0. The Morgan fingerprint density at radius 2 is 1.81 bits per heavy atom. The van der Waals surface area contributed by atoms with E-state index in [1.165, 1.54) is 12.1 Å². The van der Waals surface area contributed by atoms with Gasteiger partial charge in [0.2, 0.25) is 0 Å². The van der Waals surface area contributed by atoms with Crippen LogP contribution in [0.1, 0.15) is 22.4 Å². The molecule has 1 amide bonds. The molecule has 3 aromatic rings. The topological polar surface area (TPSA) is 88.0 Å². The van der Waals surface area contributed by atoms with E-state index >= 15 is 0 Å². The highest BCUT2D eigenvalue weighted by molar-refractivity contribution is 6.34. The number of nitrogens with one attached hydrogen (secondary N) is 2. The summed E-state index contributed by atoms with van der Waals surface area (Å²) in [5.74, 6) is 5.77. The summed E-state index contributed by atoms with van der Waals surface area (Å²) in [5, 5.41) is 13.7. The maximum Gasteiger partial charge on any atom is 0.270 e. The fourth-order valence-electron chi connectivity index (χ4n) is 2.84. The number of aromatic amines is 1. The van der Waals surface area contributed by atoms with E-state index in [0.29, 0.717) is 16.7 Å². The van der Waals surface area contributed by atoms with Crippen molar-refractivity contribution in [3.05, 3.63) is 93.3 Å². The van der Waals surface area contributed by atoms with Crippen LogP contribution < -0.4 is 5.32 Å². The molecule has 0 saturated heterocycles. The van der Waals surface area contributed by atoms with Gasteiger partial charge in [-0.1, -0.05) is 17.9 Å². The first-order valence-electron chi connectivity index (χ1n) is 8.17. The lowest BCUT2D eigenvalue weighted by Crippen LogP contribution is -2.03. The van der Waals surface area contributed by atoms with Crippen LogP contribution in [0, 0.1) is 22.0 Å². The van der Waals surface area contributed by atoms with Crippen molar-refractivity contribution >= 4 is 28.9 Å². The average molecular weight is 355 g/mol. The minimum Gasteiger partial charge on any atom is -0.362 e. The van der Waals surface area contributed by atoms with Crippen molar-refractivity contribution in [2.75, 3.05) is 5.32 Å². The van der Waals surface area contributed by atoms with E-state index in [2.05, 4.69) is 22.1 Å². The second-order valence-electron chi connectivity index (χ2n) is 5.96. The smallest absolute Gasteiger partial charge is 0.270 e. The average Bonchev–Trinajstić information content (AvgIpc) is 3.29. The summed E-state index contributed by atoms with van der Waals surface area (Å²) in [6.07, 6.45) is 3.58. The molecule has 1 aromatic heterocycles. The minimum absolute atomic E-state index is 0.00159. The molecule has 0 atom stereocenters. The number of hydrogen-bond acceptors (Lipinski definition) is 3. The summed E-state index contributed by atoms with van der Waals surface area (Å²) in [6, 6.07) is 15.4. The molecule has 130 valence electrons. The molecule has 2 N–H and O–H groups in total. The molecule has 0 radical (unpaired) electrons. The number of H-pyrrole nitrogens is 1. The molecule has 6 nitrogen and oxygen atoms in total. The third kappa shape index (κ3) is 3.34. The molecule has 1 aliphatic heterocycles. The number of rotatable bonds is 2. The molecule has 0 fully saturated rings. The third-order valence-corrected chi connectivity index (χ3v) is 4.13. The number of carbonyl (C=O) groups is 1. The lowest BCUT2D eigenvalue weighted by Gasteiger charge is -1.99. The van der Waals surface area contributed by atoms with Crippen LogP contribution in [-0.2, 0) is 4.79 Å². The van der Waals surface area contributed by atoms with Crippen molar-refractivity contribution < 1.29 is 9.72 Å². The summed E-state index contributed by atoms with van der Waals surface area (Å²) in [5.41, 5.74) is 4.18. The van der Waals surface area contributed by atoms with Gasteiger partial charge < -0.3 is 10.3 Å². The van der Waals surface area contributed by atoms with Crippen molar-refractivity contribution in [2.45, 2.75) is 0 Å². The zero-order valence-electron chi connectivity index (χ0n) is 14.0. The van der Waals surface area contributed by atoms with E-state index in [0.717, 1.165) is 16.9 Å². The largest absolute Gasteiger partial charge is 0.362 e. The summed E-state index contributed by atoms with van der Waals surface area (Å²) in [7, 11) is 0. The van der Waals surface area contributed by atoms with E-state index in [9.17, 15) is 14.9 Å². The van der Waals surface area contributed by atoms with Crippen LogP contribution >= 0.6 is 0 Å². The van der Waals surface area contributed by atoms with Crippen LogP contribution in [0.4, 0.5) is 11.4 Å². The van der Waals surface area contributed by atoms with Gasteiger partial charge in [-0.3, -0.25) is 14.9 Å². The van der Waals surface area contributed by atoms with Gasteiger partial charge in [0, 0.05) is 46.4 Å². The Labute approximate surface area is 154 Å². The Morgan fingerprint density at radius 1 is 1.00 bits per heavy atom. The van der Waals surface area contributed by atoms with Crippen LogP contribution in [0.3, 0.4) is 0 Å². The Kier molecular flexibility index (Phi) is 4.03. The lowest BCUT2D eigenvalue weighted by atomic mass is 10.0. The number of carbonyl (C=O) groups excluding carboxylic acids is 1. The molecule has 2 heterocycles. The van der Waals surface area contributed by atoms with Gasteiger partial charge in [0.05, 0.1) is 10.5 Å². The number of fused-ring (bicyclic) bond motifs is 1. The van der Waals surface area contributed by atoms with Gasteiger partial charge in [0.15, 0.2) is 0 Å². The Morgan fingerprint density at radius 3 is 2.56 bits per heavy atom. The molecule has 6 heteroatoms. The molecule has 0 aliphatic carbocycles. The zero-order chi connectivity index (χ0) is 18.8. The van der Waals surface area contributed by atoms with Crippen LogP contribution in [-0.4, -0.2) is 15.8 Å². The standard InChI is InChI=1S/C21H13N3O3/c25-21-19(13-16-4-2-10-22-16)18-12-15(8-9-20(18)23-21)7-6-14-3-1-5-17(11-14)24(26)27/h1-5,8-13,22H,(H,23,25)/b19-13-. The first-order valence-corrected chi connectivity index (χ1v) is 8.17. The molecule has 0 spiro atoms. The molecule has 0 saturated carbocycles. The number of aromatic nitrogens is 1. The predicted molar refractivity (Wildman–Crippen MR) is 103 cm³/mol. The molecule has 4 rings (SSSR count). The fourth-order valence-corrected chi connectivity index (χ4v) is 2.84. The Balaban J connectivity index is 1.69. The summed E-state index contributed by atoms with van der Waals surface area (Å²) >= 11 is 0. The highest BCUT2D eigenvalue weighted by Gasteiger charge is 2.24. The molecule has 0 unspecified atom stereocenters. The number of nitrogens with zero attached hydrogens (tertiary/aromatic N) is 1. The molecule has 0 bridgehead atoms. The maximum atomic E-state index is 12.3. The molecule has 27 heavy (non-hydrogen) atoms. The highest BCUT2D eigenvalue weighted by atomic mass is 16.6. The van der Waals surface area contributed by atoms with Crippen LogP contribution in [0.2, 0.25) is 0 Å². The number of anilines is 1. The number of benzene rings is 2. The summed E-state index contributed by atoms with van der Waals surface area (Å²) in [4.78, 5) is 25.7. The van der Waals surface area contributed by atoms with Crippen molar-refractivity contribution in [3.8, 4) is 11.8 Å². The second kappa shape index (κ2) is 6.65. The van der Waals surface area contributed by atoms with E-state index in [-0.39, 0.29) is 11.6 Å². The van der Waals surface area contributed by atoms with Crippen LogP contribution in [0.15, 0.2) is 60.8 Å². The molecule has 1 aliphatic rings. The van der Waals surface area contributed by atoms with E-state index in [1.807, 2.05) is 18.2 Å². The quantitative estimate of drug-likeness (QED) is 0.317. The van der Waals surface area contributed by atoms with E-state index < -0.39 is 4.92 Å². The normalized spacial score (nSPS) is 13.6. The number of nitro groups is 1. The van der Waals surface area contributed by atoms with Gasteiger partial charge in [0.1, 0.15) is 0 Å². The van der Waals surface area contributed by atoms with Crippen molar-refractivity contribution in [2.24, 2.45) is 0 Å². The predicted octanol–water partition coefficient (Wildman–Crippen LogP) is 3.82. The minimum atomic E-state index is -0.449. The SMILES string of the molecule is O=C1Nc2ccc(C#Cc3cccc([N+](=O)[O-])c3)cc2/C1=C/c1ccc[nH]1. The molecular weight excluding hydrogens is 342 g/mol. The second-order valence-corrected chi connectivity index (χ2v) is 5.96. The monoisotopic (exact) mass is 355 g/mol. The summed E-state index contributed by atoms with van der Waals surface area (Å²) < 4.78 is 0. The van der Waals surface area contributed by atoms with Gasteiger partial charge in [0.25, 0.3) is 11.6 Å². The van der Waals surface area contributed by atoms with E-state index in [1.54, 1.807) is 36.5 Å². The fraction of sp³-hybridized carbons (Fsp3) is 0. The van der Waals surface area contributed by atoms with Crippen LogP contribution in [0.5, 0.6) is 0 Å². The maximum absolute atomic E-state index is 12.3. The van der Waals surface area contributed by atoms with Crippen molar-refractivity contribution in [1.82, 2.24) is 4.98 Å². The number of non-ortho nitro benzene ring substituents is 1. The van der Waals surface area contributed by atoms with Gasteiger partial charge >= 0.3 is 0 Å². The number of hydrogen-bond donors (Lipinski definition) is 2. The third-order valence-electron chi connectivity index (χ3n) is 4.13. The molecular formula is C21H13N3O3. The van der Waals surface area contributed by atoms with Crippen LogP contribution in [0.25, 0.3) is 11.6 Å². The number of amides is 1. The highest BCUT2D eigenvalue weighted by Crippen LogP contribution is 2.33. The first kappa shape index (κ1) is 16.4. The lowest BCUT2D eigenvalue weighted by molar-refractivity contribution is -0.384. The van der Waals surface area contributed by atoms with Gasteiger partial charge in [-0.05, 0) is 42.5 Å². The van der Waals surface area contributed by atoms with Gasteiger partial charge in [-0.25, -0.2) is 0 Å².